The number of halogens is 2. The van der Waals surface area contributed by atoms with E-state index in [1.165, 1.54) is 10.4 Å². The second kappa shape index (κ2) is 4.85. The standard InChI is InChI=1S/C9H9Cl2NO3S2/c10-7-4-8(16-9(7)11)17(14,15)12-3-1-2-6(12)5-13/h4-6H,1-3H2/t6-/m0/s1. The highest BCUT2D eigenvalue weighted by molar-refractivity contribution is 7.91. The summed E-state index contributed by atoms with van der Waals surface area (Å²) in [5, 5.41) is 0.220. The third-order valence-electron chi connectivity index (χ3n) is 2.59. The number of carbonyl (C=O) groups excluding carboxylic acids is 1. The molecule has 8 heteroatoms. The van der Waals surface area contributed by atoms with Crippen LogP contribution in [0.3, 0.4) is 0 Å². The van der Waals surface area contributed by atoms with Crippen LogP contribution in [0.5, 0.6) is 0 Å². The highest BCUT2D eigenvalue weighted by Crippen LogP contribution is 2.37. The van der Waals surface area contributed by atoms with Crippen molar-refractivity contribution in [3.05, 3.63) is 15.4 Å². The Labute approximate surface area is 113 Å². The second-order valence-electron chi connectivity index (χ2n) is 3.65. The van der Waals surface area contributed by atoms with E-state index in [1.54, 1.807) is 0 Å². The SMILES string of the molecule is O=C[C@@H]1CCCN1S(=O)(=O)c1cc(Cl)c(Cl)s1. The maximum absolute atomic E-state index is 12.2. The van der Waals surface area contributed by atoms with E-state index in [2.05, 4.69) is 0 Å². The summed E-state index contributed by atoms with van der Waals surface area (Å²) in [5.74, 6) is 0. The van der Waals surface area contributed by atoms with E-state index in [0.717, 1.165) is 11.3 Å². The van der Waals surface area contributed by atoms with Gasteiger partial charge in [0.15, 0.2) is 0 Å². The lowest BCUT2D eigenvalue weighted by Gasteiger charge is -2.18. The van der Waals surface area contributed by atoms with Gasteiger partial charge in [0.05, 0.1) is 11.1 Å². The van der Waals surface area contributed by atoms with Crippen molar-refractivity contribution in [3.8, 4) is 0 Å². The molecule has 0 spiro atoms. The zero-order valence-corrected chi connectivity index (χ0v) is 11.7. The van der Waals surface area contributed by atoms with Crippen LogP contribution in [-0.4, -0.2) is 31.6 Å². The van der Waals surface area contributed by atoms with Crippen molar-refractivity contribution in [3.63, 3.8) is 0 Å². The van der Waals surface area contributed by atoms with Crippen LogP contribution < -0.4 is 0 Å². The zero-order valence-electron chi connectivity index (χ0n) is 8.60. The summed E-state index contributed by atoms with van der Waals surface area (Å²) in [5.41, 5.74) is 0. The van der Waals surface area contributed by atoms with Crippen LogP contribution in [0, 0.1) is 0 Å². The maximum atomic E-state index is 12.2. The van der Waals surface area contributed by atoms with Gasteiger partial charge in [-0.15, -0.1) is 11.3 Å². The summed E-state index contributed by atoms with van der Waals surface area (Å²) >= 11 is 12.4. The van der Waals surface area contributed by atoms with Crippen LogP contribution in [0.15, 0.2) is 10.3 Å². The van der Waals surface area contributed by atoms with Crippen molar-refractivity contribution in [1.29, 1.82) is 0 Å². The lowest BCUT2D eigenvalue weighted by atomic mass is 10.2. The molecule has 17 heavy (non-hydrogen) atoms. The van der Waals surface area contributed by atoms with E-state index < -0.39 is 16.1 Å². The molecule has 0 saturated carbocycles. The zero-order chi connectivity index (χ0) is 12.6. The Morgan fingerprint density at radius 3 is 2.71 bits per heavy atom. The molecule has 0 N–H and O–H groups in total. The van der Waals surface area contributed by atoms with Gasteiger partial charge in [0, 0.05) is 6.54 Å². The van der Waals surface area contributed by atoms with Crippen LogP contribution in [-0.2, 0) is 14.8 Å². The number of hydrogen-bond acceptors (Lipinski definition) is 4. The summed E-state index contributed by atoms with van der Waals surface area (Å²) in [6.07, 6.45) is 1.92. The van der Waals surface area contributed by atoms with Crippen molar-refractivity contribution in [2.45, 2.75) is 23.1 Å². The Hall–Kier alpha value is -0.140. The molecule has 4 nitrogen and oxygen atoms in total. The number of nitrogens with zero attached hydrogens (tertiary/aromatic N) is 1. The van der Waals surface area contributed by atoms with Gasteiger partial charge < -0.3 is 4.79 Å². The van der Waals surface area contributed by atoms with Gasteiger partial charge in [0.25, 0.3) is 10.0 Å². The van der Waals surface area contributed by atoms with Crippen molar-refractivity contribution in [1.82, 2.24) is 4.31 Å². The lowest BCUT2D eigenvalue weighted by Crippen LogP contribution is -2.35. The maximum Gasteiger partial charge on any atom is 0.253 e. The second-order valence-corrected chi connectivity index (χ2v) is 7.83. The van der Waals surface area contributed by atoms with Gasteiger partial charge in [-0.1, -0.05) is 23.2 Å². The summed E-state index contributed by atoms with van der Waals surface area (Å²) in [4.78, 5) is 10.8. The fraction of sp³-hybridized carbons (Fsp3) is 0.444. The normalized spacial score (nSPS) is 21.9. The average molecular weight is 314 g/mol. The molecule has 1 aliphatic rings. The Balaban J connectivity index is 2.39. The molecule has 1 saturated heterocycles. The predicted molar refractivity (Wildman–Crippen MR) is 67.3 cm³/mol. The molecule has 0 bridgehead atoms. The van der Waals surface area contributed by atoms with E-state index in [0.29, 0.717) is 25.7 Å². The van der Waals surface area contributed by atoms with Gasteiger partial charge in [-0.3, -0.25) is 0 Å². The summed E-state index contributed by atoms with van der Waals surface area (Å²) < 4.78 is 26.0. The smallest absolute Gasteiger partial charge is 0.253 e. The molecule has 0 unspecified atom stereocenters. The molecular formula is C9H9Cl2NO3S2. The average Bonchev–Trinajstić information content (AvgIpc) is 2.86. The van der Waals surface area contributed by atoms with E-state index in [1.807, 2.05) is 0 Å². The van der Waals surface area contributed by atoms with Crippen LogP contribution in [0.1, 0.15) is 12.8 Å². The van der Waals surface area contributed by atoms with Crippen molar-refractivity contribution >= 4 is 50.8 Å². The highest BCUT2D eigenvalue weighted by Gasteiger charge is 2.36. The molecule has 2 rings (SSSR count). The summed E-state index contributed by atoms with van der Waals surface area (Å²) in [7, 11) is -3.65. The largest absolute Gasteiger partial charge is 0.302 e. The van der Waals surface area contributed by atoms with Gasteiger partial charge in [-0.2, -0.15) is 4.31 Å². The fourth-order valence-corrected chi connectivity index (χ4v) is 5.41. The third-order valence-corrected chi connectivity index (χ3v) is 6.83. The monoisotopic (exact) mass is 313 g/mol. The fourth-order valence-electron chi connectivity index (χ4n) is 1.77. The minimum atomic E-state index is -3.65. The molecule has 0 aromatic carbocycles. The Bertz CT molecular complexity index is 521. The van der Waals surface area contributed by atoms with E-state index in [-0.39, 0.29) is 13.6 Å². The minimum absolute atomic E-state index is 0.0845. The molecular weight excluding hydrogens is 305 g/mol. The van der Waals surface area contributed by atoms with Gasteiger partial charge in [0.2, 0.25) is 0 Å². The quantitative estimate of drug-likeness (QED) is 0.805. The molecule has 1 aromatic heterocycles. The van der Waals surface area contributed by atoms with Gasteiger partial charge in [-0.05, 0) is 18.9 Å². The number of aldehydes is 1. The van der Waals surface area contributed by atoms with Crippen LogP contribution >= 0.6 is 34.5 Å². The Morgan fingerprint density at radius 2 is 2.18 bits per heavy atom. The predicted octanol–water partition coefficient (Wildman–Crippen LogP) is 2.41. The van der Waals surface area contributed by atoms with Gasteiger partial charge >= 0.3 is 0 Å². The molecule has 0 aliphatic carbocycles. The van der Waals surface area contributed by atoms with Crippen LogP contribution in [0.25, 0.3) is 0 Å². The number of thiophene rings is 1. The molecule has 0 radical (unpaired) electrons. The van der Waals surface area contributed by atoms with Gasteiger partial charge in [0.1, 0.15) is 14.8 Å². The molecule has 0 amide bonds. The first-order chi connectivity index (χ1) is 7.96. The molecule has 94 valence electrons. The first kappa shape index (κ1) is 13.3. The Kier molecular flexibility index (Phi) is 3.80. The van der Waals surface area contributed by atoms with Crippen molar-refractivity contribution < 1.29 is 13.2 Å². The number of hydrogen-bond donors (Lipinski definition) is 0. The lowest BCUT2D eigenvalue weighted by molar-refractivity contribution is -0.110. The first-order valence-electron chi connectivity index (χ1n) is 4.89. The number of carbonyl (C=O) groups is 1. The molecule has 1 fully saturated rings. The van der Waals surface area contributed by atoms with E-state index in [9.17, 15) is 13.2 Å². The first-order valence-corrected chi connectivity index (χ1v) is 7.90. The van der Waals surface area contributed by atoms with Crippen LogP contribution in [0.4, 0.5) is 0 Å². The Morgan fingerprint density at radius 1 is 1.47 bits per heavy atom. The van der Waals surface area contributed by atoms with Crippen LogP contribution in [0.2, 0.25) is 9.36 Å². The van der Waals surface area contributed by atoms with E-state index in [4.69, 9.17) is 23.2 Å². The third kappa shape index (κ3) is 2.37. The molecule has 1 atom stereocenters. The molecule has 1 aliphatic heterocycles. The van der Waals surface area contributed by atoms with Crippen molar-refractivity contribution in [2.24, 2.45) is 0 Å². The van der Waals surface area contributed by atoms with E-state index >= 15 is 0 Å². The molecule has 1 aromatic rings. The minimum Gasteiger partial charge on any atom is -0.302 e. The topological polar surface area (TPSA) is 54.5 Å². The molecule has 2 heterocycles. The van der Waals surface area contributed by atoms with Crippen molar-refractivity contribution in [2.75, 3.05) is 6.54 Å². The summed E-state index contributed by atoms with van der Waals surface area (Å²) in [6.45, 7) is 0.360. The highest BCUT2D eigenvalue weighted by atomic mass is 35.5. The van der Waals surface area contributed by atoms with Gasteiger partial charge in [-0.25, -0.2) is 8.42 Å². The summed E-state index contributed by atoms with van der Waals surface area (Å²) in [6, 6.07) is 0.754. The number of rotatable bonds is 3. The number of sulfonamides is 1.